The van der Waals surface area contributed by atoms with E-state index in [4.69, 9.17) is 0 Å². The number of rotatable bonds is 4. The van der Waals surface area contributed by atoms with Crippen LogP contribution in [-0.2, 0) is 0 Å². The second kappa shape index (κ2) is 8.58. The molecule has 36 heavy (non-hydrogen) atoms. The van der Waals surface area contributed by atoms with Crippen molar-refractivity contribution in [1.29, 1.82) is 0 Å². The van der Waals surface area contributed by atoms with Crippen LogP contribution in [0.2, 0.25) is 0 Å². The number of allylic oxidation sites excluding steroid dienone is 4. The molecule has 0 saturated heterocycles. The summed E-state index contributed by atoms with van der Waals surface area (Å²) in [7, 11) is 0. The normalized spacial score (nSPS) is 15.2. The topological polar surface area (TPSA) is 17.0 Å². The molecule has 0 radical (unpaired) electrons. The van der Waals surface area contributed by atoms with E-state index in [1.165, 1.54) is 43.7 Å². The molecule has 0 bridgehead atoms. The van der Waals surface area contributed by atoms with Gasteiger partial charge in [0.15, 0.2) is 0 Å². The first-order valence-electron chi connectivity index (χ1n) is 12.6. The van der Waals surface area contributed by atoms with Gasteiger partial charge in [0.25, 0.3) is 0 Å². The van der Waals surface area contributed by atoms with Gasteiger partial charge in [-0.1, -0.05) is 91.0 Å². The Morgan fingerprint density at radius 3 is 2.19 bits per heavy atom. The van der Waals surface area contributed by atoms with Gasteiger partial charge in [-0.05, 0) is 70.8 Å². The predicted octanol–water partition coefficient (Wildman–Crippen LogP) is 9.42. The van der Waals surface area contributed by atoms with E-state index in [0.717, 1.165) is 17.8 Å². The first kappa shape index (κ1) is 20.8. The highest BCUT2D eigenvalue weighted by atomic mass is 15.0. The molecule has 172 valence electrons. The van der Waals surface area contributed by atoms with Crippen LogP contribution in [-0.4, -0.2) is 4.57 Å². The molecule has 0 aliphatic heterocycles. The maximum Gasteiger partial charge on any atom is 0.0560 e. The van der Waals surface area contributed by atoms with E-state index in [0.29, 0.717) is 6.04 Å². The molecule has 2 heteroatoms. The minimum absolute atomic E-state index is 0.346. The Labute approximate surface area is 210 Å². The number of fused-ring (bicyclic) bond motifs is 4. The Morgan fingerprint density at radius 2 is 1.33 bits per heavy atom. The fourth-order valence-corrected chi connectivity index (χ4v) is 5.48. The zero-order valence-corrected chi connectivity index (χ0v) is 19.9. The van der Waals surface area contributed by atoms with E-state index in [-0.39, 0.29) is 0 Å². The molecule has 0 fully saturated rings. The summed E-state index contributed by atoms with van der Waals surface area (Å²) in [5.74, 6) is 0. The standard InChI is InChI=1S/C34H26N2/c1-2-10-30(11-3-1)36-33-13-7-6-12-31(33)32-23-29(20-21-34(32)36)35-28-18-16-25(17-19-28)27-15-14-24-8-4-5-9-26(24)22-27/h1-10,12-23,30,35H,11H2. The van der Waals surface area contributed by atoms with Crippen LogP contribution in [0.5, 0.6) is 0 Å². The number of hydrogen-bond donors (Lipinski definition) is 1. The average Bonchev–Trinajstić information content (AvgIpc) is 3.27. The summed E-state index contributed by atoms with van der Waals surface area (Å²) in [6.45, 7) is 0. The van der Waals surface area contributed by atoms with Crippen molar-refractivity contribution in [3.8, 4) is 11.1 Å². The van der Waals surface area contributed by atoms with Crippen LogP contribution in [0.1, 0.15) is 12.5 Å². The van der Waals surface area contributed by atoms with Crippen molar-refractivity contribution in [1.82, 2.24) is 4.57 Å². The molecule has 1 atom stereocenters. The molecule has 7 rings (SSSR count). The molecule has 5 aromatic carbocycles. The van der Waals surface area contributed by atoms with Gasteiger partial charge in [0.2, 0.25) is 0 Å². The monoisotopic (exact) mass is 462 g/mol. The molecule has 1 aliphatic rings. The molecule has 1 N–H and O–H groups in total. The molecule has 0 spiro atoms. The van der Waals surface area contributed by atoms with Crippen molar-refractivity contribution in [2.45, 2.75) is 12.5 Å². The third kappa shape index (κ3) is 3.59. The quantitative estimate of drug-likeness (QED) is 0.276. The van der Waals surface area contributed by atoms with Gasteiger partial charge < -0.3 is 9.88 Å². The van der Waals surface area contributed by atoms with Gasteiger partial charge in [-0.15, -0.1) is 0 Å². The SMILES string of the molecule is C1=CCC(n2c3ccccc3c3cc(Nc4ccc(-c5ccc6ccccc6c5)cc4)ccc32)C=C1. The summed E-state index contributed by atoms with van der Waals surface area (Å²) in [5, 5.41) is 8.74. The van der Waals surface area contributed by atoms with E-state index >= 15 is 0 Å². The number of anilines is 2. The van der Waals surface area contributed by atoms with E-state index in [1.807, 2.05) is 0 Å². The molecular formula is C34H26N2. The second-order valence-corrected chi connectivity index (χ2v) is 9.50. The first-order valence-corrected chi connectivity index (χ1v) is 12.6. The smallest absolute Gasteiger partial charge is 0.0560 e. The van der Waals surface area contributed by atoms with Crippen molar-refractivity contribution < 1.29 is 0 Å². The molecule has 1 unspecified atom stereocenters. The largest absolute Gasteiger partial charge is 0.356 e. The summed E-state index contributed by atoms with van der Waals surface area (Å²) < 4.78 is 2.48. The lowest BCUT2D eigenvalue weighted by Gasteiger charge is -2.18. The highest BCUT2D eigenvalue weighted by Crippen LogP contribution is 2.36. The number of nitrogens with zero attached hydrogens (tertiary/aromatic N) is 1. The first-order chi connectivity index (χ1) is 17.8. The zero-order chi connectivity index (χ0) is 23.9. The van der Waals surface area contributed by atoms with Gasteiger partial charge in [-0.25, -0.2) is 0 Å². The van der Waals surface area contributed by atoms with Crippen molar-refractivity contribution in [2.75, 3.05) is 5.32 Å². The van der Waals surface area contributed by atoms with Crippen molar-refractivity contribution in [2.24, 2.45) is 0 Å². The van der Waals surface area contributed by atoms with Crippen molar-refractivity contribution >= 4 is 44.0 Å². The highest BCUT2D eigenvalue weighted by molar-refractivity contribution is 6.09. The molecule has 6 aromatic rings. The van der Waals surface area contributed by atoms with Gasteiger partial charge in [0.1, 0.15) is 0 Å². The molecule has 1 aliphatic carbocycles. The van der Waals surface area contributed by atoms with E-state index in [9.17, 15) is 0 Å². The van der Waals surface area contributed by atoms with Crippen LogP contribution in [0.25, 0.3) is 43.7 Å². The predicted molar refractivity (Wildman–Crippen MR) is 154 cm³/mol. The average molecular weight is 463 g/mol. The number of para-hydroxylation sites is 1. The lowest BCUT2D eigenvalue weighted by Crippen LogP contribution is -2.06. The lowest BCUT2D eigenvalue weighted by molar-refractivity contribution is 0.648. The molecule has 1 aromatic heterocycles. The summed E-state index contributed by atoms with van der Waals surface area (Å²) in [4.78, 5) is 0. The third-order valence-corrected chi connectivity index (χ3v) is 7.26. The maximum atomic E-state index is 3.62. The fourth-order valence-electron chi connectivity index (χ4n) is 5.48. The van der Waals surface area contributed by atoms with Crippen LogP contribution in [0.15, 0.2) is 133 Å². The van der Waals surface area contributed by atoms with Gasteiger partial charge in [0.05, 0.1) is 6.04 Å². The molecule has 0 amide bonds. The molecule has 2 nitrogen and oxygen atoms in total. The molecular weight excluding hydrogens is 436 g/mol. The van der Waals surface area contributed by atoms with Crippen LogP contribution in [0, 0.1) is 0 Å². The summed E-state index contributed by atoms with van der Waals surface area (Å²) in [6.07, 6.45) is 9.87. The third-order valence-electron chi connectivity index (χ3n) is 7.26. The van der Waals surface area contributed by atoms with Crippen LogP contribution < -0.4 is 5.32 Å². The Bertz CT molecular complexity index is 1780. The Kier molecular flexibility index (Phi) is 4.96. The number of aromatic nitrogens is 1. The minimum atomic E-state index is 0.346. The minimum Gasteiger partial charge on any atom is -0.356 e. The summed E-state index contributed by atoms with van der Waals surface area (Å²) in [6, 6.07) is 39.7. The Morgan fingerprint density at radius 1 is 0.583 bits per heavy atom. The highest BCUT2D eigenvalue weighted by Gasteiger charge is 2.17. The van der Waals surface area contributed by atoms with E-state index in [1.54, 1.807) is 0 Å². The van der Waals surface area contributed by atoms with Gasteiger partial charge in [-0.2, -0.15) is 0 Å². The van der Waals surface area contributed by atoms with Crippen molar-refractivity contribution in [3.05, 3.63) is 133 Å². The lowest BCUT2D eigenvalue weighted by atomic mass is 10.0. The zero-order valence-electron chi connectivity index (χ0n) is 19.9. The number of hydrogen-bond acceptors (Lipinski definition) is 1. The van der Waals surface area contributed by atoms with Crippen LogP contribution >= 0.6 is 0 Å². The van der Waals surface area contributed by atoms with E-state index < -0.39 is 0 Å². The Balaban J connectivity index is 1.21. The van der Waals surface area contributed by atoms with Gasteiger partial charge in [-0.3, -0.25) is 0 Å². The maximum absolute atomic E-state index is 3.62. The number of nitrogens with one attached hydrogen (secondary N) is 1. The van der Waals surface area contributed by atoms with Crippen LogP contribution in [0.4, 0.5) is 11.4 Å². The molecule has 1 heterocycles. The Hall–Kier alpha value is -4.56. The summed E-state index contributed by atoms with van der Waals surface area (Å²) in [5.41, 5.74) is 7.21. The molecule has 0 saturated carbocycles. The van der Waals surface area contributed by atoms with Gasteiger partial charge >= 0.3 is 0 Å². The second-order valence-electron chi connectivity index (χ2n) is 9.50. The van der Waals surface area contributed by atoms with Crippen molar-refractivity contribution in [3.63, 3.8) is 0 Å². The number of benzene rings is 5. The van der Waals surface area contributed by atoms with E-state index in [2.05, 4.69) is 143 Å². The van der Waals surface area contributed by atoms with Crippen LogP contribution in [0.3, 0.4) is 0 Å². The van der Waals surface area contributed by atoms with Gasteiger partial charge in [0, 0.05) is 33.2 Å². The fraction of sp³-hybridized carbons (Fsp3) is 0.0588. The summed E-state index contributed by atoms with van der Waals surface area (Å²) >= 11 is 0.